The van der Waals surface area contributed by atoms with E-state index in [-0.39, 0.29) is 5.91 Å². The standard InChI is InChI=1S/C28H48N2O/c1-18(30(8)19(2)31)20-11-13-26(6)22-10-9-21-24(3,4)23(29-7)12-14-27(21)17-28(22,27)16-15-25(20,26)5/h18,20-23,29H,9-17H2,1-8H3/t18-,20+,21-,22+,23-,25+,26-,27+,28-/m0/s1. The third kappa shape index (κ3) is 2.43. The van der Waals surface area contributed by atoms with Crippen LogP contribution >= 0.6 is 0 Å². The van der Waals surface area contributed by atoms with Crippen molar-refractivity contribution in [2.75, 3.05) is 14.1 Å². The molecule has 2 spiro atoms. The Kier molecular flexibility index (Phi) is 4.67. The Morgan fingerprint density at radius 2 is 1.55 bits per heavy atom. The molecule has 0 bridgehead atoms. The Morgan fingerprint density at radius 3 is 2.19 bits per heavy atom. The van der Waals surface area contributed by atoms with Crippen LogP contribution in [0.15, 0.2) is 0 Å². The van der Waals surface area contributed by atoms with Crippen molar-refractivity contribution in [2.24, 2.45) is 44.8 Å². The highest BCUT2D eigenvalue weighted by Gasteiger charge is 2.82. The average molecular weight is 429 g/mol. The molecule has 5 fully saturated rings. The second kappa shape index (κ2) is 6.51. The molecule has 0 heterocycles. The summed E-state index contributed by atoms with van der Waals surface area (Å²) in [6.45, 7) is 14.5. The number of fused-ring (bicyclic) bond motifs is 2. The number of nitrogens with one attached hydrogen (secondary N) is 1. The number of carbonyl (C=O) groups is 1. The van der Waals surface area contributed by atoms with E-state index in [1.165, 1.54) is 57.8 Å². The highest BCUT2D eigenvalue weighted by atomic mass is 16.2. The first-order valence-corrected chi connectivity index (χ1v) is 13.3. The van der Waals surface area contributed by atoms with E-state index < -0.39 is 0 Å². The molecular weight excluding hydrogens is 380 g/mol. The zero-order valence-electron chi connectivity index (χ0n) is 21.6. The lowest BCUT2D eigenvalue weighted by Gasteiger charge is -2.63. The molecule has 5 saturated carbocycles. The first kappa shape index (κ1) is 22.2. The maximum atomic E-state index is 12.2. The largest absolute Gasteiger partial charge is 0.343 e. The monoisotopic (exact) mass is 428 g/mol. The van der Waals surface area contributed by atoms with E-state index in [9.17, 15) is 4.79 Å². The van der Waals surface area contributed by atoms with Crippen molar-refractivity contribution in [1.82, 2.24) is 10.2 Å². The van der Waals surface area contributed by atoms with Crippen LogP contribution in [0.1, 0.15) is 99.3 Å². The molecule has 0 radical (unpaired) electrons. The minimum absolute atomic E-state index is 0.224. The number of carbonyl (C=O) groups excluding carboxylic acids is 1. The Balaban J connectivity index is 1.47. The first-order chi connectivity index (χ1) is 14.4. The molecule has 5 aliphatic rings. The second-order valence-corrected chi connectivity index (χ2v) is 13.7. The van der Waals surface area contributed by atoms with E-state index in [2.05, 4.69) is 47.0 Å². The van der Waals surface area contributed by atoms with Gasteiger partial charge in [0.15, 0.2) is 0 Å². The minimum Gasteiger partial charge on any atom is -0.343 e. The molecule has 1 N–H and O–H groups in total. The Hall–Kier alpha value is -0.570. The van der Waals surface area contributed by atoms with E-state index in [0.29, 0.717) is 45.1 Å². The summed E-state index contributed by atoms with van der Waals surface area (Å²) in [6, 6.07) is 1.04. The number of hydrogen-bond acceptors (Lipinski definition) is 2. The molecule has 0 aliphatic heterocycles. The molecule has 0 unspecified atom stereocenters. The molecule has 1 amide bonds. The van der Waals surface area contributed by atoms with Crippen LogP contribution in [0.3, 0.4) is 0 Å². The molecule has 0 aromatic carbocycles. The lowest BCUT2D eigenvalue weighted by atomic mass is 9.42. The number of amides is 1. The summed E-state index contributed by atoms with van der Waals surface area (Å²) in [5.41, 5.74) is 2.50. The molecule has 3 heteroatoms. The number of hydrogen-bond donors (Lipinski definition) is 1. The predicted molar refractivity (Wildman–Crippen MR) is 128 cm³/mol. The molecular formula is C28H48N2O. The van der Waals surface area contributed by atoms with E-state index in [1.807, 2.05) is 11.9 Å². The van der Waals surface area contributed by atoms with Gasteiger partial charge in [0.2, 0.25) is 5.91 Å². The van der Waals surface area contributed by atoms with Gasteiger partial charge in [0, 0.05) is 26.1 Å². The quantitative estimate of drug-likeness (QED) is 0.609. The Bertz CT molecular complexity index is 777. The maximum Gasteiger partial charge on any atom is 0.219 e. The number of rotatable bonds is 3. The molecule has 31 heavy (non-hydrogen) atoms. The normalized spacial score (nSPS) is 52.9. The van der Waals surface area contributed by atoms with E-state index in [1.54, 1.807) is 6.92 Å². The van der Waals surface area contributed by atoms with Crippen LogP contribution in [0, 0.1) is 44.8 Å². The average Bonchev–Trinajstić information content (AvgIpc) is 3.29. The topological polar surface area (TPSA) is 32.3 Å². The van der Waals surface area contributed by atoms with Crippen molar-refractivity contribution in [3.8, 4) is 0 Å². The minimum atomic E-state index is 0.224. The molecule has 3 nitrogen and oxygen atoms in total. The summed E-state index contributed by atoms with van der Waals surface area (Å²) in [5.74, 6) is 2.67. The van der Waals surface area contributed by atoms with Crippen LogP contribution < -0.4 is 5.32 Å². The highest BCUT2D eigenvalue weighted by Crippen LogP contribution is 2.88. The first-order valence-electron chi connectivity index (χ1n) is 13.3. The molecule has 0 aromatic heterocycles. The Labute approximate surface area is 191 Å². The van der Waals surface area contributed by atoms with Gasteiger partial charge in [-0.1, -0.05) is 27.7 Å². The molecule has 0 saturated heterocycles. The Morgan fingerprint density at radius 1 is 0.903 bits per heavy atom. The van der Waals surface area contributed by atoms with Crippen LogP contribution in [0.4, 0.5) is 0 Å². The van der Waals surface area contributed by atoms with Crippen molar-refractivity contribution >= 4 is 5.91 Å². The van der Waals surface area contributed by atoms with Gasteiger partial charge in [0.05, 0.1) is 0 Å². The smallest absolute Gasteiger partial charge is 0.219 e. The summed E-state index contributed by atoms with van der Waals surface area (Å²) < 4.78 is 0. The van der Waals surface area contributed by atoms with Gasteiger partial charge in [0.25, 0.3) is 0 Å². The van der Waals surface area contributed by atoms with Gasteiger partial charge >= 0.3 is 0 Å². The van der Waals surface area contributed by atoms with Crippen molar-refractivity contribution in [3.05, 3.63) is 0 Å². The summed E-state index contributed by atoms with van der Waals surface area (Å²) in [5, 5.41) is 3.69. The van der Waals surface area contributed by atoms with Gasteiger partial charge in [-0.25, -0.2) is 0 Å². The summed E-state index contributed by atoms with van der Waals surface area (Å²) in [7, 11) is 4.21. The van der Waals surface area contributed by atoms with Crippen molar-refractivity contribution < 1.29 is 4.79 Å². The third-order valence-electron chi connectivity index (χ3n) is 13.2. The molecule has 176 valence electrons. The van der Waals surface area contributed by atoms with Crippen molar-refractivity contribution in [1.29, 1.82) is 0 Å². The van der Waals surface area contributed by atoms with E-state index in [0.717, 1.165) is 11.8 Å². The fourth-order valence-electron chi connectivity index (χ4n) is 11.3. The van der Waals surface area contributed by atoms with Crippen molar-refractivity contribution in [3.63, 3.8) is 0 Å². The van der Waals surface area contributed by atoms with Gasteiger partial charge in [-0.2, -0.15) is 0 Å². The van der Waals surface area contributed by atoms with Gasteiger partial charge in [-0.05, 0) is 117 Å². The molecule has 5 aliphatic carbocycles. The fraction of sp³-hybridized carbons (Fsp3) is 0.964. The van der Waals surface area contributed by atoms with Crippen LogP contribution in [-0.2, 0) is 4.79 Å². The molecule has 5 rings (SSSR count). The van der Waals surface area contributed by atoms with Gasteiger partial charge in [-0.15, -0.1) is 0 Å². The zero-order chi connectivity index (χ0) is 22.6. The van der Waals surface area contributed by atoms with Gasteiger partial charge in [-0.3, -0.25) is 4.79 Å². The number of nitrogens with zero attached hydrogens (tertiary/aromatic N) is 1. The third-order valence-corrected chi connectivity index (χ3v) is 13.2. The SMILES string of the molecule is CN[C@H]1CC[C@]23C[C@]24CC[C@]2(C)[C@@H]([C@H](C)N(C)C(C)=O)CC[C@@]2(C)[C@H]4CC[C@H]3C1(C)C. The van der Waals surface area contributed by atoms with Gasteiger partial charge < -0.3 is 10.2 Å². The lowest BCUT2D eigenvalue weighted by molar-refractivity contribution is -0.150. The zero-order valence-corrected chi connectivity index (χ0v) is 21.6. The summed E-state index contributed by atoms with van der Waals surface area (Å²) >= 11 is 0. The summed E-state index contributed by atoms with van der Waals surface area (Å²) in [6.07, 6.45) is 12.8. The van der Waals surface area contributed by atoms with Gasteiger partial charge in [0.1, 0.15) is 0 Å². The highest BCUT2D eigenvalue weighted by molar-refractivity contribution is 5.73. The fourth-order valence-corrected chi connectivity index (χ4v) is 11.3. The van der Waals surface area contributed by atoms with Crippen LogP contribution in [0.25, 0.3) is 0 Å². The van der Waals surface area contributed by atoms with Crippen LogP contribution in [-0.4, -0.2) is 37.0 Å². The van der Waals surface area contributed by atoms with Crippen molar-refractivity contribution in [2.45, 2.75) is 111 Å². The predicted octanol–water partition coefficient (Wildman–Crippen LogP) is 5.88. The maximum absolute atomic E-state index is 12.2. The molecule has 9 atom stereocenters. The van der Waals surface area contributed by atoms with Crippen LogP contribution in [0.5, 0.6) is 0 Å². The lowest BCUT2D eigenvalue weighted by Crippen LogP contribution is -2.59. The molecule has 0 aromatic rings. The second-order valence-electron chi connectivity index (χ2n) is 13.7. The van der Waals surface area contributed by atoms with E-state index in [4.69, 9.17) is 0 Å². The summed E-state index contributed by atoms with van der Waals surface area (Å²) in [4.78, 5) is 14.2. The van der Waals surface area contributed by atoms with Crippen LogP contribution in [0.2, 0.25) is 0 Å². The van der Waals surface area contributed by atoms with E-state index >= 15 is 0 Å².